The van der Waals surface area contributed by atoms with Crippen LogP contribution in [0.15, 0.2) is 91.0 Å². The Morgan fingerprint density at radius 1 is 0.796 bits per heavy atom. The zero-order valence-electron chi connectivity index (χ0n) is 27.8. The zero-order valence-corrected chi connectivity index (χ0v) is 27.8. The number of hydrogen-bond donors (Lipinski definition) is 0. The highest BCUT2D eigenvalue weighted by atomic mass is 19.4. The van der Waals surface area contributed by atoms with Crippen molar-refractivity contribution in [2.75, 3.05) is 45.4 Å². The lowest BCUT2D eigenvalue weighted by Gasteiger charge is -2.38. The molecule has 2 aliphatic heterocycles. The molecule has 0 radical (unpaired) electrons. The molecule has 5 aromatic carbocycles. The number of morpholine rings is 1. The molecule has 5 aromatic rings. The van der Waals surface area contributed by atoms with E-state index in [1.165, 1.54) is 12.1 Å². The Bertz CT molecular complexity index is 2120. The molecule has 1 aliphatic carbocycles. The highest BCUT2D eigenvalue weighted by Gasteiger charge is 2.45. The fourth-order valence-electron chi connectivity index (χ4n) is 7.89. The second-order valence-electron chi connectivity index (χ2n) is 13.3. The topological polar surface area (TPSA) is 40.2 Å². The number of anilines is 1. The predicted octanol–water partition coefficient (Wildman–Crippen LogP) is 9.37. The molecule has 1 fully saturated rings. The van der Waals surface area contributed by atoms with Crippen molar-refractivity contribution in [1.29, 1.82) is 0 Å². The molecule has 1 unspecified atom stereocenters. The molecule has 250 valence electrons. The van der Waals surface area contributed by atoms with E-state index in [2.05, 4.69) is 23.1 Å². The van der Waals surface area contributed by atoms with Crippen LogP contribution in [0.2, 0.25) is 0 Å². The molecule has 1 atom stereocenters. The lowest BCUT2D eigenvalue weighted by Crippen LogP contribution is -2.36. The summed E-state index contributed by atoms with van der Waals surface area (Å²) in [6, 6.07) is 26.2. The minimum atomic E-state index is -4.46. The third-order valence-electron chi connectivity index (χ3n) is 10.3. The van der Waals surface area contributed by atoms with Crippen molar-refractivity contribution >= 4 is 22.5 Å². The molecule has 0 amide bonds. The van der Waals surface area contributed by atoms with Crippen LogP contribution >= 0.6 is 0 Å². The van der Waals surface area contributed by atoms with Crippen LogP contribution in [0.1, 0.15) is 47.2 Å². The average Bonchev–Trinajstić information content (AvgIpc) is 3.37. The van der Waals surface area contributed by atoms with E-state index < -0.39 is 22.8 Å². The lowest BCUT2D eigenvalue weighted by atomic mass is 9.76. The maximum atomic E-state index is 14.1. The van der Waals surface area contributed by atoms with E-state index in [1.54, 1.807) is 20.3 Å². The van der Waals surface area contributed by atoms with Crippen LogP contribution in [0, 0.1) is 0 Å². The SMILES string of the molecule is COc1ccc(C2(c3ccccc3)C=Cc3c4c(c5cc(N6CCOCC6)c(OC)cc5c3O2)-c2ccc(C(F)(F)F)cc2C4(C)C)cc1. The Kier molecular flexibility index (Phi) is 7.23. The largest absolute Gasteiger partial charge is 0.497 e. The van der Waals surface area contributed by atoms with E-state index in [1.807, 2.05) is 74.5 Å². The summed E-state index contributed by atoms with van der Waals surface area (Å²) in [5.74, 6) is 2.07. The molecular formula is C41H36F3NO4. The van der Waals surface area contributed by atoms with Crippen molar-refractivity contribution in [1.82, 2.24) is 0 Å². The van der Waals surface area contributed by atoms with Gasteiger partial charge in [0.1, 0.15) is 17.2 Å². The quantitative estimate of drug-likeness (QED) is 0.188. The summed E-state index contributed by atoms with van der Waals surface area (Å²) in [6.45, 7) is 6.59. The molecule has 3 aliphatic rings. The van der Waals surface area contributed by atoms with Gasteiger partial charge >= 0.3 is 6.18 Å². The number of hydrogen-bond acceptors (Lipinski definition) is 5. The predicted molar refractivity (Wildman–Crippen MR) is 186 cm³/mol. The normalized spacial score (nSPS) is 19.2. The van der Waals surface area contributed by atoms with Gasteiger partial charge < -0.3 is 23.8 Å². The molecule has 0 saturated carbocycles. The zero-order chi connectivity index (χ0) is 34.1. The van der Waals surface area contributed by atoms with Gasteiger partial charge in [0, 0.05) is 40.6 Å². The number of methoxy groups -OCH3 is 2. The lowest BCUT2D eigenvalue weighted by molar-refractivity contribution is -0.137. The number of fused-ring (bicyclic) bond motifs is 8. The molecule has 49 heavy (non-hydrogen) atoms. The Morgan fingerprint density at radius 3 is 2.18 bits per heavy atom. The van der Waals surface area contributed by atoms with Crippen molar-refractivity contribution in [2.45, 2.75) is 31.0 Å². The number of ether oxygens (including phenoxy) is 4. The van der Waals surface area contributed by atoms with Gasteiger partial charge in [0.25, 0.3) is 0 Å². The van der Waals surface area contributed by atoms with Crippen LogP contribution in [-0.2, 0) is 21.9 Å². The van der Waals surface area contributed by atoms with E-state index in [4.69, 9.17) is 18.9 Å². The van der Waals surface area contributed by atoms with Crippen molar-refractivity contribution in [3.8, 4) is 28.4 Å². The number of benzene rings is 5. The Hall–Kier alpha value is -4.95. The van der Waals surface area contributed by atoms with Crippen molar-refractivity contribution in [2.24, 2.45) is 0 Å². The monoisotopic (exact) mass is 663 g/mol. The molecule has 0 N–H and O–H groups in total. The first-order chi connectivity index (χ1) is 23.6. The highest BCUT2D eigenvalue weighted by Crippen LogP contribution is 2.59. The second-order valence-corrected chi connectivity index (χ2v) is 13.3. The number of rotatable bonds is 5. The first-order valence-corrected chi connectivity index (χ1v) is 16.4. The Balaban J connectivity index is 1.45. The second kappa shape index (κ2) is 11.3. The van der Waals surface area contributed by atoms with Crippen LogP contribution in [-0.4, -0.2) is 40.5 Å². The summed E-state index contributed by atoms with van der Waals surface area (Å²) >= 11 is 0. The third kappa shape index (κ3) is 4.79. The summed E-state index contributed by atoms with van der Waals surface area (Å²) in [5.41, 5.74) is 4.47. The van der Waals surface area contributed by atoms with Gasteiger partial charge in [0.05, 0.1) is 38.7 Å². The molecule has 5 nitrogen and oxygen atoms in total. The van der Waals surface area contributed by atoms with Crippen molar-refractivity contribution in [3.63, 3.8) is 0 Å². The average molecular weight is 664 g/mol. The van der Waals surface area contributed by atoms with E-state index >= 15 is 0 Å². The molecule has 8 rings (SSSR count). The molecule has 0 spiro atoms. The number of halogens is 3. The first-order valence-electron chi connectivity index (χ1n) is 16.4. The Labute approximate surface area is 283 Å². The summed E-state index contributed by atoms with van der Waals surface area (Å²) in [4.78, 5) is 2.24. The van der Waals surface area contributed by atoms with Gasteiger partial charge in [-0.25, -0.2) is 0 Å². The van der Waals surface area contributed by atoms with Crippen LogP contribution in [0.5, 0.6) is 17.2 Å². The van der Waals surface area contributed by atoms with Crippen molar-refractivity contribution in [3.05, 3.63) is 124 Å². The number of nitrogens with zero attached hydrogens (tertiary/aromatic N) is 1. The van der Waals surface area contributed by atoms with Gasteiger partial charge in [-0.15, -0.1) is 0 Å². The maximum absolute atomic E-state index is 14.1. The summed E-state index contributed by atoms with van der Waals surface area (Å²) in [7, 11) is 3.30. The van der Waals surface area contributed by atoms with Crippen LogP contribution in [0.4, 0.5) is 18.9 Å². The third-order valence-corrected chi connectivity index (χ3v) is 10.3. The minimum Gasteiger partial charge on any atom is -0.497 e. The van der Waals surface area contributed by atoms with Gasteiger partial charge in [-0.1, -0.05) is 68.5 Å². The summed E-state index contributed by atoms with van der Waals surface area (Å²) < 4.78 is 66.8. The van der Waals surface area contributed by atoms with Gasteiger partial charge in [-0.2, -0.15) is 13.2 Å². The van der Waals surface area contributed by atoms with Crippen LogP contribution in [0.3, 0.4) is 0 Å². The molecular weight excluding hydrogens is 627 g/mol. The van der Waals surface area contributed by atoms with Gasteiger partial charge in [0.15, 0.2) is 5.60 Å². The van der Waals surface area contributed by atoms with E-state index in [0.29, 0.717) is 43.4 Å². The molecule has 8 heteroatoms. The number of alkyl halides is 3. The highest BCUT2D eigenvalue weighted by molar-refractivity contribution is 6.10. The fourth-order valence-corrected chi connectivity index (χ4v) is 7.89. The van der Waals surface area contributed by atoms with Crippen LogP contribution < -0.4 is 19.1 Å². The summed E-state index contributed by atoms with van der Waals surface area (Å²) in [5, 5.41) is 1.72. The van der Waals surface area contributed by atoms with Gasteiger partial charge in [0.2, 0.25) is 0 Å². The smallest absolute Gasteiger partial charge is 0.416 e. The fraction of sp³-hybridized carbons (Fsp3) is 0.268. The van der Waals surface area contributed by atoms with E-state index in [-0.39, 0.29) is 0 Å². The molecule has 2 heterocycles. The molecule has 1 saturated heterocycles. The van der Waals surface area contributed by atoms with Crippen LogP contribution in [0.25, 0.3) is 28.0 Å². The first kappa shape index (κ1) is 31.3. The standard InChI is InChI=1S/C41H36F3NO4/c1-39(2)33-22-27(41(42,43)44)12-15-29(33)36-31-23-34(45-18-20-48-21-19-45)35(47-4)24-32(31)38-30(37(36)39)16-17-40(49-38,25-8-6-5-7-9-25)26-10-13-28(46-3)14-11-26/h5-17,22-24H,18-21H2,1-4H3. The molecule has 0 aromatic heterocycles. The van der Waals surface area contributed by atoms with Gasteiger partial charge in [-0.05, 0) is 70.1 Å². The summed E-state index contributed by atoms with van der Waals surface area (Å²) in [6.07, 6.45) is -0.304. The molecule has 0 bridgehead atoms. The van der Waals surface area contributed by atoms with E-state index in [0.717, 1.165) is 55.6 Å². The van der Waals surface area contributed by atoms with Gasteiger partial charge in [-0.3, -0.25) is 0 Å². The Morgan fingerprint density at radius 2 is 1.51 bits per heavy atom. The van der Waals surface area contributed by atoms with Crippen molar-refractivity contribution < 1.29 is 32.1 Å². The minimum absolute atomic E-state index is 0.592. The van der Waals surface area contributed by atoms with E-state index in [9.17, 15) is 13.2 Å². The maximum Gasteiger partial charge on any atom is 0.416 e.